The maximum Gasteiger partial charge on any atom is 0.305 e. The molecule has 0 radical (unpaired) electrons. The van der Waals surface area contributed by atoms with Crippen LogP contribution < -0.4 is 5.32 Å². The summed E-state index contributed by atoms with van der Waals surface area (Å²) in [4.78, 5) is 36.0. The molecule has 1 unspecified atom stereocenters. The van der Waals surface area contributed by atoms with E-state index in [2.05, 4.69) is 20.3 Å². The molecule has 120 valence electrons. The van der Waals surface area contributed by atoms with Gasteiger partial charge in [-0.25, -0.2) is 0 Å². The van der Waals surface area contributed by atoms with Crippen molar-refractivity contribution < 1.29 is 14.7 Å². The van der Waals surface area contributed by atoms with Crippen LogP contribution in [0.25, 0.3) is 11.0 Å². The molecule has 3 rings (SSSR count). The first-order valence-electron chi connectivity index (χ1n) is 7.28. The third-order valence-corrected chi connectivity index (χ3v) is 3.46. The van der Waals surface area contributed by atoms with E-state index in [0.29, 0.717) is 22.3 Å². The number of carbonyl (C=O) groups excluding carboxylic acids is 1. The van der Waals surface area contributed by atoms with Crippen LogP contribution in [0.5, 0.6) is 0 Å². The lowest BCUT2D eigenvalue weighted by molar-refractivity contribution is -0.137. The number of hydrogen-bond donors (Lipinski definition) is 2. The summed E-state index contributed by atoms with van der Waals surface area (Å²) in [5.74, 6) is -1.41. The Balaban J connectivity index is 1.85. The molecule has 0 saturated carbocycles. The normalized spacial score (nSPS) is 11.8. The molecule has 0 aliphatic heterocycles. The fraction of sp³-hybridized carbons (Fsp3) is 0.118. The van der Waals surface area contributed by atoms with Gasteiger partial charge in [0.25, 0.3) is 5.91 Å². The second kappa shape index (κ2) is 6.82. The fourth-order valence-corrected chi connectivity index (χ4v) is 2.33. The maximum absolute atomic E-state index is 12.5. The zero-order chi connectivity index (χ0) is 16.9. The van der Waals surface area contributed by atoms with Crippen molar-refractivity contribution in [1.82, 2.24) is 20.3 Å². The van der Waals surface area contributed by atoms with Crippen molar-refractivity contribution in [2.45, 2.75) is 12.5 Å². The smallest absolute Gasteiger partial charge is 0.305 e. The Hall–Kier alpha value is -3.35. The number of carboxylic acids is 1. The van der Waals surface area contributed by atoms with Crippen LogP contribution in [0.3, 0.4) is 0 Å². The topological polar surface area (TPSA) is 105 Å². The predicted octanol–water partition coefficient (Wildman–Crippen LogP) is 1.97. The van der Waals surface area contributed by atoms with Gasteiger partial charge in [-0.3, -0.25) is 24.5 Å². The molecule has 2 N–H and O–H groups in total. The van der Waals surface area contributed by atoms with Crippen LogP contribution >= 0.6 is 0 Å². The van der Waals surface area contributed by atoms with Crippen molar-refractivity contribution in [2.75, 3.05) is 0 Å². The van der Waals surface area contributed by atoms with E-state index in [1.165, 1.54) is 0 Å². The molecule has 0 saturated heterocycles. The molecule has 3 aromatic rings. The van der Waals surface area contributed by atoms with Crippen molar-refractivity contribution in [2.24, 2.45) is 0 Å². The lowest BCUT2D eigenvalue weighted by Gasteiger charge is -2.16. The van der Waals surface area contributed by atoms with E-state index in [9.17, 15) is 9.59 Å². The highest BCUT2D eigenvalue weighted by molar-refractivity contribution is 5.97. The standard InChI is InChI=1S/C17H14N4O3/c22-16(23)10-15(12-3-1-2-6-18-12)21-17(24)11-4-5-13-14(9-11)20-8-7-19-13/h1-9,15H,10H2,(H,21,24)(H,22,23). The van der Waals surface area contributed by atoms with Gasteiger partial charge in [-0.05, 0) is 30.3 Å². The number of carboxylic acid groups (broad SMARTS) is 1. The van der Waals surface area contributed by atoms with Gasteiger partial charge in [0.2, 0.25) is 0 Å². The second-order valence-electron chi connectivity index (χ2n) is 5.14. The average molecular weight is 322 g/mol. The molecule has 1 atom stereocenters. The summed E-state index contributed by atoms with van der Waals surface area (Å²) in [5, 5.41) is 11.8. The van der Waals surface area contributed by atoms with Crippen LogP contribution in [0.15, 0.2) is 55.0 Å². The molecular weight excluding hydrogens is 308 g/mol. The van der Waals surface area contributed by atoms with Gasteiger partial charge in [-0.2, -0.15) is 0 Å². The number of benzene rings is 1. The molecule has 2 heterocycles. The largest absolute Gasteiger partial charge is 0.481 e. The molecular formula is C17H14N4O3. The number of carbonyl (C=O) groups is 2. The minimum absolute atomic E-state index is 0.254. The van der Waals surface area contributed by atoms with Gasteiger partial charge in [-0.1, -0.05) is 6.07 Å². The number of hydrogen-bond acceptors (Lipinski definition) is 5. The van der Waals surface area contributed by atoms with Gasteiger partial charge >= 0.3 is 5.97 Å². The third kappa shape index (κ3) is 3.52. The highest BCUT2D eigenvalue weighted by atomic mass is 16.4. The summed E-state index contributed by atoms with van der Waals surface area (Å²) < 4.78 is 0. The van der Waals surface area contributed by atoms with E-state index in [4.69, 9.17) is 5.11 Å². The Bertz CT molecular complexity index is 883. The second-order valence-corrected chi connectivity index (χ2v) is 5.14. The van der Waals surface area contributed by atoms with Crippen LogP contribution in [0, 0.1) is 0 Å². The lowest BCUT2D eigenvalue weighted by Crippen LogP contribution is -2.30. The zero-order valence-electron chi connectivity index (χ0n) is 12.6. The van der Waals surface area contributed by atoms with Crippen LogP contribution in [0.1, 0.15) is 28.5 Å². The molecule has 7 nitrogen and oxygen atoms in total. The molecule has 2 aromatic heterocycles. The van der Waals surface area contributed by atoms with Gasteiger partial charge in [0.1, 0.15) is 0 Å². The minimum atomic E-state index is -1.02. The highest BCUT2D eigenvalue weighted by Crippen LogP contribution is 2.16. The Morgan fingerprint density at radius 2 is 1.79 bits per heavy atom. The predicted molar refractivity (Wildman–Crippen MR) is 86.2 cm³/mol. The average Bonchev–Trinajstić information content (AvgIpc) is 2.61. The molecule has 0 aliphatic carbocycles. The van der Waals surface area contributed by atoms with Crippen molar-refractivity contribution in [3.05, 3.63) is 66.2 Å². The summed E-state index contributed by atoms with van der Waals surface area (Å²) >= 11 is 0. The van der Waals surface area contributed by atoms with Crippen molar-refractivity contribution in [3.8, 4) is 0 Å². The Morgan fingerprint density at radius 1 is 1.00 bits per heavy atom. The Kier molecular flexibility index (Phi) is 4.42. The van der Waals surface area contributed by atoms with Crippen molar-refractivity contribution in [3.63, 3.8) is 0 Å². The quantitative estimate of drug-likeness (QED) is 0.744. The maximum atomic E-state index is 12.5. The Labute approximate surface area is 137 Å². The molecule has 7 heteroatoms. The minimum Gasteiger partial charge on any atom is -0.481 e. The van der Waals surface area contributed by atoms with E-state index in [-0.39, 0.29) is 12.3 Å². The monoisotopic (exact) mass is 322 g/mol. The summed E-state index contributed by atoms with van der Waals surface area (Å²) in [6, 6.07) is 9.38. The SMILES string of the molecule is O=C(O)CC(NC(=O)c1ccc2nccnc2c1)c1ccccn1. The fourth-order valence-electron chi connectivity index (χ4n) is 2.33. The number of nitrogens with zero attached hydrogens (tertiary/aromatic N) is 3. The molecule has 0 aliphatic rings. The van der Waals surface area contributed by atoms with Gasteiger partial charge < -0.3 is 10.4 Å². The molecule has 1 aromatic carbocycles. The molecule has 0 spiro atoms. The Morgan fingerprint density at radius 3 is 2.50 bits per heavy atom. The molecule has 1 amide bonds. The van der Waals surface area contributed by atoms with Crippen molar-refractivity contribution in [1.29, 1.82) is 0 Å². The van der Waals surface area contributed by atoms with E-state index in [1.807, 2.05) is 0 Å². The molecule has 24 heavy (non-hydrogen) atoms. The summed E-state index contributed by atoms with van der Waals surface area (Å²) in [7, 11) is 0. The summed E-state index contributed by atoms with van der Waals surface area (Å²) in [6.45, 7) is 0. The number of fused-ring (bicyclic) bond motifs is 1. The lowest BCUT2D eigenvalue weighted by atomic mass is 10.1. The summed E-state index contributed by atoms with van der Waals surface area (Å²) in [6.07, 6.45) is 4.43. The first-order valence-corrected chi connectivity index (χ1v) is 7.28. The third-order valence-electron chi connectivity index (χ3n) is 3.46. The van der Waals surface area contributed by atoms with Gasteiger partial charge in [-0.15, -0.1) is 0 Å². The van der Waals surface area contributed by atoms with Gasteiger partial charge in [0.15, 0.2) is 0 Å². The van der Waals surface area contributed by atoms with Crippen LogP contribution in [0.4, 0.5) is 0 Å². The number of aliphatic carboxylic acids is 1. The van der Waals surface area contributed by atoms with Crippen LogP contribution in [-0.4, -0.2) is 31.9 Å². The van der Waals surface area contributed by atoms with Gasteiger partial charge in [0, 0.05) is 24.2 Å². The zero-order valence-corrected chi connectivity index (χ0v) is 12.6. The first kappa shape index (κ1) is 15.5. The van der Waals surface area contributed by atoms with Crippen molar-refractivity contribution >= 4 is 22.9 Å². The first-order chi connectivity index (χ1) is 11.6. The number of nitrogens with one attached hydrogen (secondary N) is 1. The number of amides is 1. The van der Waals surface area contributed by atoms with Crippen LogP contribution in [0.2, 0.25) is 0 Å². The van der Waals surface area contributed by atoms with E-state index < -0.39 is 12.0 Å². The van der Waals surface area contributed by atoms with E-state index in [1.54, 1.807) is 55.0 Å². The number of pyridine rings is 1. The van der Waals surface area contributed by atoms with Crippen LogP contribution in [-0.2, 0) is 4.79 Å². The summed E-state index contributed by atoms with van der Waals surface area (Å²) in [5.41, 5.74) is 2.15. The highest BCUT2D eigenvalue weighted by Gasteiger charge is 2.20. The van der Waals surface area contributed by atoms with Gasteiger partial charge in [0.05, 0.1) is 29.2 Å². The molecule has 0 fully saturated rings. The number of rotatable bonds is 5. The number of aromatic nitrogens is 3. The van der Waals surface area contributed by atoms with E-state index >= 15 is 0 Å². The molecule has 0 bridgehead atoms. The van der Waals surface area contributed by atoms with E-state index in [0.717, 1.165) is 0 Å².